The third kappa shape index (κ3) is 2.49. The zero-order valence-corrected chi connectivity index (χ0v) is 11.5. The summed E-state index contributed by atoms with van der Waals surface area (Å²) in [6.45, 7) is 2.28. The summed E-state index contributed by atoms with van der Waals surface area (Å²) >= 11 is 1.74. The van der Waals surface area contributed by atoms with Gasteiger partial charge in [0.25, 0.3) is 0 Å². The van der Waals surface area contributed by atoms with Crippen LogP contribution in [0.5, 0.6) is 0 Å². The second-order valence-corrected chi connectivity index (χ2v) is 6.01. The third-order valence-corrected chi connectivity index (χ3v) is 4.71. The van der Waals surface area contributed by atoms with Gasteiger partial charge in [-0.1, -0.05) is 23.5 Å². The molecule has 2 aromatic rings. The van der Waals surface area contributed by atoms with Crippen molar-refractivity contribution < 1.29 is 0 Å². The second-order valence-electron chi connectivity index (χ2n) is 4.98. The molecule has 96 valence electrons. The van der Waals surface area contributed by atoms with Crippen molar-refractivity contribution in [3.05, 3.63) is 24.3 Å². The smallest absolute Gasteiger partial charge is 0.183 e. The fraction of sp³-hybridized carbons (Fsp3) is 0.500. The van der Waals surface area contributed by atoms with Gasteiger partial charge in [-0.2, -0.15) is 0 Å². The van der Waals surface area contributed by atoms with E-state index in [2.05, 4.69) is 40.4 Å². The van der Waals surface area contributed by atoms with E-state index in [0.717, 1.165) is 23.2 Å². The molecule has 1 aromatic heterocycles. The minimum atomic E-state index is 0.756. The predicted molar refractivity (Wildman–Crippen MR) is 78.4 cm³/mol. The van der Waals surface area contributed by atoms with Gasteiger partial charge in [0, 0.05) is 12.6 Å². The van der Waals surface area contributed by atoms with Crippen molar-refractivity contribution in [2.24, 2.45) is 0 Å². The highest BCUT2D eigenvalue weighted by atomic mass is 32.1. The lowest BCUT2D eigenvalue weighted by molar-refractivity contribution is 0.301. The lowest BCUT2D eigenvalue weighted by Gasteiger charge is -2.18. The lowest BCUT2D eigenvalue weighted by atomic mass is 10.1. The van der Waals surface area contributed by atoms with Gasteiger partial charge in [0.1, 0.15) is 0 Å². The molecule has 18 heavy (non-hydrogen) atoms. The van der Waals surface area contributed by atoms with E-state index in [4.69, 9.17) is 0 Å². The Bertz CT molecular complexity index is 489. The summed E-state index contributed by atoms with van der Waals surface area (Å²) in [5, 5.41) is 4.51. The molecule has 0 radical (unpaired) electrons. The molecule has 4 heteroatoms. The largest absolute Gasteiger partial charge is 0.361 e. The summed E-state index contributed by atoms with van der Waals surface area (Å²) in [5.74, 6) is 0. The fourth-order valence-electron chi connectivity index (χ4n) is 2.64. The maximum Gasteiger partial charge on any atom is 0.183 e. The monoisotopic (exact) mass is 261 g/mol. The third-order valence-electron chi connectivity index (χ3n) is 3.72. The zero-order valence-electron chi connectivity index (χ0n) is 10.7. The second kappa shape index (κ2) is 5.24. The van der Waals surface area contributed by atoms with Gasteiger partial charge in [-0.25, -0.2) is 4.98 Å². The van der Waals surface area contributed by atoms with Crippen molar-refractivity contribution in [1.29, 1.82) is 0 Å². The van der Waals surface area contributed by atoms with E-state index in [1.807, 2.05) is 6.07 Å². The van der Waals surface area contributed by atoms with Crippen LogP contribution in [0.2, 0.25) is 0 Å². The first-order valence-corrected chi connectivity index (χ1v) is 7.44. The number of likely N-dealkylation sites (tertiary alicyclic amines) is 1. The first-order chi connectivity index (χ1) is 8.83. The Hall–Kier alpha value is -1.13. The molecule has 1 atom stereocenters. The summed E-state index contributed by atoms with van der Waals surface area (Å²) in [4.78, 5) is 7.06. The number of fused-ring (bicyclic) bond motifs is 1. The van der Waals surface area contributed by atoms with E-state index in [0.29, 0.717) is 0 Å². The van der Waals surface area contributed by atoms with E-state index in [1.165, 1.54) is 30.5 Å². The molecule has 0 unspecified atom stereocenters. The maximum absolute atomic E-state index is 4.59. The van der Waals surface area contributed by atoms with Crippen LogP contribution in [0.25, 0.3) is 10.2 Å². The Morgan fingerprint density at radius 2 is 2.33 bits per heavy atom. The number of para-hydroxylation sites is 1. The van der Waals surface area contributed by atoms with Crippen LogP contribution in [0, 0.1) is 0 Å². The summed E-state index contributed by atoms with van der Waals surface area (Å²) in [5.41, 5.74) is 1.10. The van der Waals surface area contributed by atoms with E-state index < -0.39 is 0 Å². The van der Waals surface area contributed by atoms with Gasteiger partial charge in [0.2, 0.25) is 0 Å². The fourth-order valence-corrected chi connectivity index (χ4v) is 3.53. The number of rotatable bonds is 4. The van der Waals surface area contributed by atoms with E-state index >= 15 is 0 Å². The average molecular weight is 261 g/mol. The van der Waals surface area contributed by atoms with Crippen molar-refractivity contribution in [2.45, 2.75) is 25.3 Å². The molecular formula is C14H19N3S. The molecule has 1 aromatic carbocycles. The minimum absolute atomic E-state index is 0.756. The molecule has 1 saturated heterocycles. The van der Waals surface area contributed by atoms with Crippen molar-refractivity contribution in [3.63, 3.8) is 0 Å². The highest BCUT2D eigenvalue weighted by Gasteiger charge is 2.19. The SMILES string of the molecule is CN1CCC[C@@H]1CCNc1nc2ccccc2s1. The van der Waals surface area contributed by atoms with E-state index in [-0.39, 0.29) is 0 Å². The van der Waals surface area contributed by atoms with Gasteiger partial charge in [-0.05, 0) is 45.0 Å². The number of anilines is 1. The van der Waals surface area contributed by atoms with Gasteiger partial charge in [0.15, 0.2) is 5.13 Å². The Kier molecular flexibility index (Phi) is 3.48. The number of benzene rings is 1. The van der Waals surface area contributed by atoms with Gasteiger partial charge in [-0.3, -0.25) is 0 Å². The molecule has 2 heterocycles. The van der Waals surface area contributed by atoms with Crippen LogP contribution < -0.4 is 5.32 Å². The molecular weight excluding hydrogens is 242 g/mol. The van der Waals surface area contributed by atoms with E-state index in [9.17, 15) is 0 Å². The molecule has 3 rings (SSSR count). The number of aromatic nitrogens is 1. The normalized spacial score (nSPS) is 20.6. The van der Waals surface area contributed by atoms with Gasteiger partial charge in [-0.15, -0.1) is 0 Å². The molecule has 0 bridgehead atoms. The average Bonchev–Trinajstić information content (AvgIpc) is 2.96. The van der Waals surface area contributed by atoms with Crippen LogP contribution in [-0.2, 0) is 0 Å². The van der Waals surface area contributed by atoms with Gasteiger partial charge >= 0.3 is 0 Å². The molecule has 3 nitrogen and oxygen atoms in total. The van der Waals surface area contributed by atoms with Gasteiger partial charge < -0.3 is 10.2 Å². The van der Waals surface area contributed by atoms with Crippen molar-refractivity contribution in [3.8, 4) is 0 Å². The van der Waals surface area contributed by atoms with Crippen LogP contribution in [-0.4, -0.2) is 36.1 Å². The Morgan fingerprint density at radius 3 is 3.11 bits per heavy atom. The van der Waals surface area contributed by atoms with Crippen LogP contribution in [0.1, 0.15) is 19.3 Å². The number of thiazole rings is 1. The zero-order chi connectivity index (χ0) is 12.4. The van der Waals surface area contributed by atoms with Crippen molar-refractivity contribution in [2.75, 3.05) is 25.5 Å². The quantitative estimate of drug-likeness (QED) is 0.916. The molecule has 1 N–H and O–H groups in total. The molecule has 0 spiro atoms. The van der Waals surface area contributed by atoms with Crippen molar-refractivity contribution in [1.82, 2.24) is 9.88 Å². The lowest BCUT2D eigenvalue weighted by Crippen LogP contribution is -2.26. The minimum Gasteiger partial charge on any atom is -0.361 e. The molecule has 1 fully saturated rings. The molecule has 0 amide bonds. The Morgan fingerprint density at radius 1 is 1.44 bits per heavy atom. The highest BCUT2D eigenvalue weighted by molar-refractivity contribution is 7.22. The van der Waals surface area contributed by atoms with Crippen LogP contribution in [0.3, 0.4) is 0 Å². The summed E-state index contributed by atoms with van der Waals surface area (Å²) < 4.78 is 1.26. The molecule has 0 aliphatic carbocycles. The molecule has 0 saturated carbocycles. The van der Waals surface area contributed by atoms with E-state index in [1.54, 1.807) is 11.3 Å². The van der Waals surface area contributed by atoms with Crippen molar-refractivity contribution >= 4 is 26.7 Å². The number of nitrogens with zero attached hydrogens (tertiary/aromatic N) is 2. The Balaban J connectivity index is 1.56. The van der Waals surface area contributed by atoms with Crippen LogP contribution in [0.15, 0.2) is 24.3 Å². The Labute approximate surface area is 112 Å². The highest BCUT2D eigenvalue weighted by Crippen LogP contribution is 2.25. The standard InChI is InChI=1S/C14H19N3S/c1-17-10-4-5-11(17)8-9-15-14-16-12-6-2-3-7-13(12)18-14/h2-3,6-7,11H,4-5,8-10H2,1H3,(H,15,16)/t11-/m1/s1. The summed E-state index contributed by atoms with van der Waals surface area (Å²) in [7, 11) is 2.23. The van der Waals surface area contributed by atoms with Crippen LogP contribution in [0.4, 0.5) is 5.13 Å². The number of hydrogen-bond acceptors (Lipinski definition) is 4. The first kappa shape index (κ1) is 11.9. The summed E-state index contributed by atoms with van der Waals surface area (Å²) in [6.07, 6.45) is 3.91. The first-order valence-electron chi connectivity index (χ1n) is 6.62. The van der Waals surface area contributed by atoms with Gasteiger partial charge in [0.05, 0.1) is 10.2 Å². The summed E-state index contributed by atoms with van der Waals surface area (Å²) in [6, 6.07) is 9.06. The molecule has 1 aliphatic heterocycles. The molecule has 1 aliphatic rings. The number of nitrogens with one attached hydrogen (secondary N) is 1. The van der Waals surface area contributed by atoms with Crippen LogP contribution >= 0.6 is 11.3 Å². The maximum atomic E-state index is 4.59. The predicted octanol–water partition coefficient (Wildman–Crippen LogP) is 3.19. The topological polar surface area (TPSA) is 28.2 Å². The number of hydrogen-bond donors (Lipinski definition) is 1.